The zero-order valence-corrected chi connectivity index (χ0v) is 15.2. The fourth-order valence-corrected chi connectivity index (χ4v) is 3.01. The second-order valence-electron chi connectivity index (χ2n) is 5.87. The minimum absolute atomic E-state index is 0. The van der Waals surface area contributed by atoms with E-state index in [4.69, 9.17) is 15.2 Å². The van der Waals surface area contributed by atoms with Gasteiger partial charge in [0, 0.05) is 17.9 Å². The number of nitrogens with two attached hydrogens (primary N) is 1. The van der Waals surface area contributed by atoms with Gasteiger partial charge in [0.1, 0.15) is 11.5 Å². The quantitative estimate of drug-likeness (QED) is 0.846. The van der Waals surface area contributed by atoms with Gasteiger partial charge in [-0.15, -0.1) is 12.4 Å². The maximum Gasteiger partial charge on any atom is 0.267 e. The van der Waals surface area contributed by atoms with Gasteiger partial charge in [-0.3, -0.25) is 4.79 Å². The van der Waals surface area contributed by atoms with Crippen LogP contribution in [0.25, 0.3) is 0 Å². The van der Waals surface area contributed by atoms with Gasteiger partial charge in [-0.2, -0.15) is 0 Å². The fraction of sp³-hybridized carbons (Fsp3) is 0.316. The first-order valence-corrected chi connectivity index (χ1v) is 8.09. The lowest BCUT2D eigenvalue weighted by atomic mass is 9.99. The van der Waals surface area contributed by atoms with Gasteiger partial charge < -0.3 is 20.1 Å². The molecule has 25 heavy (non-hydrogen) atoms. The maximum absolute atomic E-state index is 12.8. The predicted octanol–water partition coefficient (Wildman–Crippen LogP) is 3.45. The fourth-order valence-electron chi connectivity index (χ4n) is 3.01. The van der Waals surface area contributed by atoms with Crippen molar-refractivity contribution < 1.29 is 14.3 Å². The van der Waals surface area contributed by atoms with Crippen LogP contribution in [0.15, 0.2) is 42.5 Å². The molecule has 0 saturated carbocycles. The number of amides is 1. The molecule has 3 rings (SSSR count). The second kappa shape index (κ2) is 8.12. The number of ether oxygens (including phenoxy) is 2. The van der Waals surface area contributed by atoms with Crippen LogP contribution in [0, 0.1) is 0 Å². The zero-order chi connectivity index (χ0) is 17.1. The summed E-state index contributed by atoms with van der Waals surface area (Å²) in [6, 6.07) is 12.9. The lowest BCUT2D eigenvalue weighted by Crippen LogP contribution is -2.43. The van der Waals surface area contributed by atoms with Crippen LogP contribution in [0.5, 0.6) is 11.5 Å². The van der Waals surface area contributed by atoms with Gasteiger partial charge in [0.15, 0.2) is 6.10 Å². The van der Waals surface area contributed by atoms with Gasteiger partial charge in [-0.05, 0) is 61.7 Å². The monoisotopic (exact) mass is 362 g/mol. The van der Waals surface area contributed by atoms with Gasteiger partial charge in [-0.1, -0.05) is 6.07 Å². The van der Waals surface area contributed by atoms with Gasteiger partial charge in [0.25, 0.3) is 5.91 Å². The summed E-state index contributed by atoms with van der Waals surface area (Å²) >= 11 is 0. The molecule has 2 aromatic carbocycles. The molecule has 0 aliphatic carbocycles. The molecule has 1 amide bonds. The van der Waals surface area contributed by atoms with Gasteiger partial charge in [0.05, 0.1) is 7.11 Å². The molecule has 0 saturated heterocycles. The number of fused-ring (bicyclic) bond motifs is 1. The first-order valence-electron chi connectivity index (χ1n) is 8.09. The number of rotatable bonds is 4. The molecule has 1 heterocycles. The van der Waals surface area contributed by atoms with Crippen molar-refractivity contribution in [3.63, 3.8) is 0 Å². The van der Waals surface area contributed by atoms with E-state index in [0.717, 1.165) is 35.5 Å². The zero-order valence-electron chi connectivity index (χ0n) is 14.4. The summed E-state index contributed by atoms with van der Waals surface area (Å²) in [5.41, 5.74) is 8.74. The molecule has 1 atom stereocenters. The third kappa shape index (κ3) is 3.99. The number of methoxy groups -OCH3 is 1. The molecule has 2 aromatic rings. The van der Waals surface area contributed by atoms with Crippen molar-refractivity contribution in [1.82, 2.24) is 0 Å². The van der Waals surface area contributed by atoms with E-state index in [1.165, 1.54) is 0 Å². The molecule has 1 aliphatic heterocycles. The van der Waals surface area contributed by atoms with Crippen molar-refractivity contribution in [3.8, 4) is 11.5 Å². The lowest BCUT2D eigenvalue weighted by Gasteiger charge is -2.32. The molecular weight excluding hydrogens is 340 g/mol. The summed E-state index contributed by atoms with van der Waals surface area (Å²) in [5, 5.41) is 0. The van der Waals surface area contributed by atoms with Gasteiger partial charge >= 0.3 is 0 Å². The Hall–Kier alpha value is -2.40. The SMILES string of the molecule is COc1ccc(OC(C)C(=O)N2CCCc3c(N)cccc32)cc1.Cl. The van der Waals surface area contributed by atoms with E-state index in [1.807, 2.05) is 30.3 Å². The standard InChI is InChI=1S/C19H22N2O3.ClH/c1-13(24-15-10-8-14(23-2)9-11-15)19(22)21-12-4-5-16-17(20)6-3-7-18(16)21;/h3,6-11,13H,4-5,12,20H2,1-2H3;1H. The van der Waals surface area contributed by atoms with Gasteiger partial charge in [-0.25, -0.2) is 0 Å². The van der Waals surface area contributed by atoms with E-state index in [1.54, 1.807) is 31.1 Å². The summed E-state index contributed by atoms with van der Waals surface area (Å²) in [4.78, 5) is 14.6. The van der Waals surface area contributed by atoms with Crippen molar-refractivity contribution in [1.29, 1.82) is 0 Å². The summed E-state index contributed by atoms with van der Waals surface area (Å²) in [6.07, 6.45) is 1.23. The topological polar surface area (TPSA) is 64.8 Å². The minimum Gasteiger partial charge on any atom is -0.497 e. The van der Waals surface area contributed by atoms with Crippen LogP contribution < -0.4 is 20.1 Å². The first-order chi connectivity index (χ1) is 11.6. The Morgan fingerprint density at radius 2 is 1.84 bits per heavy atom. The van der Waals surface area contributed by atoms with Crippen molar-refractivity contribution in [2.24, 2.45) is 0 Å². The summed E-state index contributed by atoms with van der Waals surface area (Å²) in [5.74, 6) is 1.33. The summed E-state index contributed by atoms with van der Waals surface area (Å²) in [7, 11) is 1.61. The number of nitrogens with zero attached hydrogens (tertiary/aromatic N) is 1. The van der Waals surface area contributed by atoms with E-state index in [0.29, 0.717) is 12.3 Å². The molecular formula is C19H23ClN2O3. The number of anilines is 2. The van der Waals surface area contributed by atoms with E-state index >= 15 is 0 Å². The minimum atomic E-state index is -0.578. The predicted molar refractivity (Wildman–Crippen MR) is 102 cm³/mol. The Kier molecular flexibility index (Phi) is 6.15. The molecule has 1 aliphatic rings. The Labute approximate surface area is 154 Å². The number of carbonyl (C=O) groups is 1. The molecule has 5 nitrogen and oxygen atoms in total. The molecule has 134 valence electrons. The summed E-state index contributed by atoms with van der Waals surface area (Å²) in [6.45, 7) is 2.46. The Morgan fingerprint density at radius 3 is 2.52 bits per heavy atom. The van der Waals surface area contributed by atoms with Crippen LogP contribution in [0.3, 0.4) is 0 Å². The third-order valence-electron chi connectivity index (χ3n) is 4.27. The van der Waals surface area contributed by atoms with Crippen molar-refractivity contribution in [2.45, 2.75) is 25.9 Å². The van der Waals surface area contributed by atoms with E-state index in [2.05, 4.69) is 0 Å². The van der Waals surface area contributed by atoms with Crippen LogP contribution in [-0.4, -0.2) is 25.7 Å². The molecule has 0 bridgehead atoms. The molecule has 2 N–H and O–H groups in total. The molecule has 0 radical (unpaired) electrons. The summed E-state index contributed by atoms with van der Waals surface area (Å²) < 4.78 is 10.9. The maximum atomic E-state index is 12.8. The van der Waals surface area contributed by atoms with Crippen molar-refractivity contribution in [3.05, 3.63) is 48.0 Å². The van der Waals surface area contributed by atoms with E-state index in [-0.39, 0.29) is 18.3 Å². The number of hydrogen-bond acceptors (Lipinski definition) is 4. The number of halogens is 1. The van der Waals surface area contributed by atoms with Crippen LogP contribution in [-0.2, 0) is 11.2 Å². The van der Waals surface area contributed by atoms with E-state index in [9.17, 15) is 4.79 Å². The Morgan fingerprint density at radius 1 is 1.16 bits per heavy atom. The molecule has 6 heteroatoms. The van der Waals surface area contributed by atoms with Crippen molar-refractivity contribution >= 4 is 29.7 Å². The van der Waals surface area contributed by atoms with Crippen LogP contribution in [0.2, 0.25) is 0 Å². The van der Waals surface area contributed by atoms with E-state index < -0.39 is 6.10 Å². The molecule has 0 fully saturated rings. The van der Waals surface area contributed by atoms with Crippen LogP contribution in [0.4, 0.5) is 11.4 Å². The molecule has 0 aromatic heterocycles. The lowest BCUT2D eigenvalue weighted by molar-refractivity contribution is -0.124. The molecule has 0 spiro atoms. The number of nitrogen functional groups attached to an aromatic ring is 1. The second-order valence-corrected chi connectivity index (χ2v) is 5.87. The number of carbonyl (C=O) groups excluding carboxylic acids is 1. The first kappa shape index (κ1) is 18.9. The van der Waals surface area contributed by atoms with Crippen LogP contribution >= 0.6 is 12.4 Å². The Bertz CT molecular complexity index is 734. The average molecular weight is 363 g/mol. The highest BCUT2D eigenvalue weighted by molar-refractivity contribution is 5.98. The largest absolute Gasteiger partial charge is 0.497 e. The normalized spacial score (nSPS) is 14.1. The Balaban J connectivity index is 0.00000225. The highest BCUT2D eigenvalue weighted by Gasteiger charge is 2.28. The number of hydrogen-bond donors (Lipinski definition) is 1. The number of benzene rings is 2. The average Bonchev–Trinajstić information content (AvgIpc) is 2.61. The van der Waals surface area contributed by atoms with Crippen molar-refractivity contribution in [2.75, 3.05) is 24.3 Å². The van der Waals surface area contributed by atoms with Gasteiger partial charge in [0.2, 0.25) is 0 Å². The van der Waals surface area contributed by atoms with Crippen LogP contribution in [0.1, 0.15) is 18.9 Å². The molecule has 1 unspecified atom stereocenters. The third-order valence-corrected chi connectivity index (χ3v) is 4.27. The highest BCUT2D eigenvalue weighted by atomic mass is 35.5. The highest BCUT2D eigenvalue weighted by Crippen LogP contribution is 2.32. The smallest absolute Gasteiger partial charge is 0.267 e.